The first kappa shape index (κ1) is 24.1. The Morgan fingerprint density at radius 2 is 1.05 bits per heavy atom. The number of hydrogen-bond donors (Lipinski definition) is 0. The van der Waals surface area contributed by atoms with Gasteiger partial charge in [0.05, 0.1) is 0 Å². The molecule has 0 rings (SSSR count). The van der Waals surface area contributed by atoms with Crippen molar-refractivity contribution in [2.24, 2.45) is 0 Å². The van der Waals surface area contributed by atoms with Crippen molar-refractivity contribution in [3.8, 4) is 0 Å². The van der Waals surface area contributed by atoms with Crippen molar-refractivity contribution in [1.82, 2.24) is 0 Å². The zero-order valence-electron chi connectivity index (χ0n) is 13.3. The Labute approximate surface area is 143 Å². The van der Waals surface area contributed by atoms with Crippen LogP contribution in [0.2, 0.25) is 29.6 Å². The summed E-state index contributed by atoms with van der Waals surface area (Å²) in [5.41, 5.74) is 0. The van der Waals surface area contributed by atoms with Crippen LogP contribution < -0.4 is 0 Å². The maximum absolute atomic E-state index is 10.9. The summed E-state index contributed by atoms with van der Waals surface area (Å²) in [6.07, 6.45) is 0. The average molecular weight is 651 g/mol. The van der Waals surface area contributed by atoms with E-state index in [1.54, 1.807) is 4.94 Å². The van der Waals surface area contributed by atoms with Crippen molar-refractivity contribution < 1.29 is 17.1 Å². The molecule has 10 heteroatoms. The molecule has 0 saturated heterocycles. The van der Waals surface area contributed by atoms with E-state index in [9.17, 15) is 9.59 Å². The minimum atomic E-state index is -3.90. The van der Waals surface area contributed by atoms with Crippen LogP contribution in [-0.4, -0.2) is 66.5 Å². The SMILES string of the molecule is CC(=O)[O][Sn]([CH3])([O]C(C)=O)[O][Sn]([CH3])([CH3])[CH3].[CH3][Sn]([CH3])([Cl])[Cl]. The third kappa shape index (κ3) is 22.2. The fraction of sp³-hybridized carbons (Fsp3) is 0.800. The van der Waals surface area contributed by atoms with Crippen LogP contribution in [0.15, 0.2) is 0 Å². The van der Waals surface area contributed by atoms with Gasteiger partial charge in [-0.1, -0.05) is 0 Å². The molecule has 0 bridgehead atoms. The normalized spacial score (nSPS) is 12.1. The minimum absolute atomic E-state index is 0.454. The quantitative estimate of drug-likeness (QED) is 0.435. The van der Waals surface area contributed by atoms with Crippen molar-refractivity contribution in [3.63, 3.8) is 0 Å². The summed E-state index contributed by atoms with van der Waals surface area (Å²) in [4.78, 5) is 33.4. The zero-order chi connectivity index (χ0) is 16.8. The molecule has 0 spiro atoms. The predicted molar refractivity (Wildman–Crippen MR) is 88.8 cm³/mol. The zero-order valence-corrected chi connectivity index (χ0v) is 23.4. The molecule has 0 unspecified atom stereocenters. The van der Waals surface area contributed by atoms with E-state index in [-0.39, 0.29) is 0 Å². The molecule has 0 heterocycles. The van der Waals surface area contributed by atoms with Crippen molar-refractivity contribution in [2.45, 2.75) is 43.5 Å². The Morgan fingerprint density at radius 1 is 0.800 bits per heavy atom. The summed E-state index contributed by atoms with van der Waals surface area (Å²) >= 11 is -8.74. The molecule has 120 valence electrons. The summed E-state index contributed by atoms with van der Waals surface area (Å²) in [5.74, 6) is -0.907. The van der Waals surface area contributed by atoms with Gasteiger partial charge in [-0.15, -0.1) is 0 Å². The van der Waals surface area contributed by atoms with E-state index >= 15 is 0 Å². The predicted octanol–water partition coefficient (Wildman–Crippen LogP) is 3.70. The van der Waals surface area contributed by atoms with Crippen molar-refractivity contribution in [3.05, 3.63) is 0 Å². The van der Waals surface area contributed by atoms with Gasteiger partial charge in [0.2, 0.25) is 0 Å². The van der Waals surface area contributed by atoms with Crippen LogP contribution in [0.1, 0.15) is 13.8 Å². The molecule has 0 aromatic rings. The van der Waals surface area contributed by atoms with Gasteiger partial charge in [0.15, 0.2) is 0 Å². The van der Waals surface area contributed by atoms with Crippen LogP contribution in [0, 0.1) is 0 Å². The first-order valence-electron chi connectivity index (χ1n) is 6.01. The van der Waals surface area contributed by atoms with Crippen LogP contribution in [-0.2, 0) is 17.1 Å². The molecule has 0 amide bonds. The summed E-state index contributed by atoms with van der Waals surface area (Å²) in [6, 6.07) is 0. The van der Waals surface area contributed by atoms with Gasteiger partial charge < -0.3 is 0 Å². The standard InChI is InChI=1S/2C2H4O2.6CH3.2ClH.O.3Sn/c2*1-2(3)4;;;;;;;;;;;;/h2*1H3,(H,3,4);6*1H3;2*1H;;;;/q;;;;;;;;;;;;2*+2/p-4. The van der Waals surface area contributed by atoms with Gasteiger partial charge in [0.25, 0.3) is 0 Å². The number of rotatable bonds is 4. The van der Waals surface area contributed by atoms with Gasteiger partial charge in [0, 0.05) is 0 Å². The first-order chi connectivity index (χ1) is 8.54. The topological polar surface area (TPSA) is 61.8 Å². The van der Waals surface area contributed by atoms with Crippen LogP contribution in [0.25, 0.3) is 0 Å². The molecule has 0 aliphatic heterocycles. The molecule has 0 N–H and O–H groups in total. The van der Waals surface area contributed by atoms with Crippen LogP contribution in [0.4, 0.5) is 0 Å². The van der Waals surface area contributed by atoms with E-state index in [0.29, 0.717) is 0 Å². The fourth-order valence-corrected chi connectivity index (χ4v) is 30.5. The Hall–Kier alpha value is 1.88. The number of hydrogen-bond acceptors (Lipinski definition) is 5. The number of carbonyl (C=O) groups excluding carboxylic acids is 2. The Kier molecular flexibility index (Phi) is 11.9. The Balaban J connectivity index is 0. The third-order valence-electron chi connectivity index (χ3n) is 1.15. The van der Waals surface area contributed by atoms with Gasteiger partial charge in [-0.25, -0.2) is 0 Å². The molecule has 0 aromatic heterocycles. The Bertz CT molecular complexity index is 317. The van der Waals surface area contributed by atoms with Gasteiger partial charge in [-0.2, -0.15) is 0 Å². The molecule has 0 fully saturated rings. The van der Waals surface area contributed by atoms with Gasteiger partial charge in [-0.3, -0.25) is 0 Å². The van der Waals surface area contributed by atoms with Crippen LogP contribution in [0.3, 0.4) is 0 Å². The fourth-order valence-electron chi connectivity index (χ4n) is 1.14. The van der Waals surface area contributed by atoms with Crippen LogP contribution in [0.5, 0.6) is 0 Å². The van der Waals surface area contributed by atoms with Gasteiger partial charge in [-0.05, 0) is 0 Å². The molecule has 5 nitrogen and oxygen atoms in total. The molecule has 0 saturated carbocycles. The first-order valence-corrected chi connectivity index (χ1v) is 35.0. The second-order valence-electron chi connectivity index (χ2n) is 5.59. The second kappa shape index (κ2) is 9.89. The molecular weight excluding hydrogens is 627 g/mol. The van der Waals surface area contributed by atoms with Crippen molar-refractivity contribution in [1.29, 1.82) is 0 Å². The van der Waals surface area contributed by atoms with Gasteiger partial charge >= 0.3 is 145 Å². The van der Waals surface area contributed by atoms with E-state index in [2.05, 4.69) is 0 Å². The van der Waals surface area contributed by atoms with E-state index in [1.165, 1.54) is 13.8 Å². The van der Waals surface area contributed by atoms with Gasteiger partial charge in [0.1, 0.15) is 0 Å². The Morgan fingerprint density at radius 3 is 1.20 bits per heavy atom. The molecule has 0 aromatic carbocycles. The molecule has 0 atom stereocenters. The molecule has 0 aliphatic carbocycles. The third-order valence-corrected chi connectivity index (χ3v) is 26.5. The second-order valence-corrected chi connectivity index (χ2v) is 49.8. The summed E-state index contributed by atoms with van der Waals surface area (Å²) in [5, 5.41) is 0. The van der Waals surface area contributed by atoms with E-state index in [0.717, 1.165) is 0 Å². The van der Waals surface area contributed by atoms with Crippen LogP contribution >= 0.6 is 17.8 Å². The van der Waals surface area contributed by atoms with E-state index in [1.807, 2.05) is 24.7 Å². The monoisotopic (exact) mass is 654 g/mol. The molecule has 0 radical (unpaired) electrons. The summed E-state index contributed by atoms with van der Waals surface area (Å²) in [6.45, 7) is 2.58. The molecule has 20 heavy (non-hydrogen) atoms. The number of carbonyl (C=O) groups is 2. The maximum atomic E-state index is 10.9. The molecule has 0 aliphatic rings. The average Bonchev–Trinajstić information content (AvgIpc) is 1.88. The summed E-state index contributed by atoms with van der Waals surface area (Å²) in [7, 11) is 11.0. The number of halogens is 2. The van der Waals surface area contributed by atoms with Crippen molar-refractivity contribution >= 4 is 84.3 Å². The van der Waals surface area contributed by atoms with E-state index in [4.69, 9.17) is 25.4 Å². The van der Waals surface area contributed by atoms with E-state index < -0.39 is 66.5 Å². The van der Waals surface area contributed by atoms with Crippen molar-refractivity contribution in [2.75, 3.05) is 0 Å². The molecular formula is C10H24Cl2O5Sn3. The summed E-state index contributed by atoms with van der Waals surface area (Å²) < 4.78 is 15.9.